The van der Waals surface area contributed by atoms with E-state index in [9.17, 15) is 15.5 Å². The number of nitriles is 1. The Morgan fingerprint density at radius 2 is 1.55 bits per heavy atom. The Balaban J connectivity index is 1.25. The van der Waals surface area contributed by atoms with Crippen LogP contribution < -0.4 is 29.9 Å². The van der Waals surface area contributed by atoms with Crippen LogP contribution in [0.5, 0.6) is 11.5 Å². The Bertz CT molecular complexity index is 2130. The van der Waals surface area contributed by atoms with Gasteiger partial charge >= 0.3 is 0 Å². The Morgan fingerprint density at radius 1 is 0.833 bits per heavy atom. The lowest BCUT2D eigenvalue weighted by Gasteiger charge is -2.32. The molecule has 2 aromatic heterocycles. The smallest absolute Gasteiger partial charge is 0.162 e. The summed E-state index contributed by atoms with van der Waals surface area (Å²) >= 11 is 0. The van der Waals surface area contributed by atoms with Gasteiger partial charge in [0.15, 0.2) is 11.6 Å². The van der Waals surface area contributed by atoms with Crippen molar-refractivity contribution in [3.63, 3.8) is 0 Å². The topological polar surface area (TPSA) is 174 Å². The fourth-order valence-electron chi connectivity index (χ4n) is 7.88. The van der Waals surface area contributed by atoms with E-state index in [0.29, 0.717) is 61.2 Å². The third kappa shape index (κ3) is 11.0. The van der Waals surface area contributed by atoms with Crippen molar-refractivity contribution in [3.05, 3.63) is 77.6 Å². The van der Waals surface area contributed by atoms with Crippen molar-refractivity contribution in [2.24, 2.45) is 0 Å². The fraction of sp³-hybridized carbons (Fsp3) is 0.500. The molecule has 318 valence electrons. The van der Waals surface area contributed by atoms with E-state index in [1.165, 1.54) is 0 Å². The van der Waals surface area contributed by atoms with Crippen molar-refractivity contribution < 1.29 is 24.4 Å². The number of likely N-dealkylation sites (N-methyl/N-ethyl adjacent to an activating group) is 2. The minimum Gasteiger partial charge on any atom is -0.491 e. The van der Waals surface area contributed by atoms with E-state index in [4.69, 9.17) is 34.1 Å². The first-order chi connectivity index (χ1) is 29.2. The highest BCUT2D eigenvalue weighted by Crippen LogP contribution is 2.44. The molecule has 3 aliphatic rings. The molecule has 4 aromatic rings. The summed E-state index contributed by atoms with van der Waals surface area (Å²) in [6.07, 6.45) is 7.18. The number of rotatable bonds is 20. The molecule has 0 amide bonds. The van der Waals surface area contributed by atoms with Gasteiger partial charge in [-0.15, -0.1) is 0 Å². The van der Waals surface area contributed by atoms with Crippen LogP contribution in [0.2, 0.25) is 0 Å². The van der Waals surface area contributed by atoms with Crippen molar-refractivity contribution >= 4 is 17.2 Å². The molecule has 0 bridgehead atoms. The third-order valence-electron chi connectivity index (χ3n) is 11.5. The molecule has 0 radical (unpaired) electrons. The average Bonchev–Trinajstić information content (AvgIpc) is 4.02. The predicted molar refractivity (Wildman–Crippen MR) is 233 cm³/mol. The minimum absolute atomic E-state index is 0.0442. The van der Waals surface area contributed by atoms with E-state index in [2.05, 4.69) is 46.9 Å². The summed E-state index contributed by atoms with van der Waals surface area (Å²) in [4.78, 5) is 24.9. The van der Waals surface area contributed by atoms with Crippen LogP contribution in [-0.2, 0) is 4.74 Å². The normalized spacial score (nSPS) is 17.8. The number of allylic oxidation sites excluding steroid dienone is 2. The molecule has 1 saturated heterocycles. The molecule has 2 fully saturated rings. The van der Waals surface area contributed by atoms with E-state index < -0.39 is 12.2 Å². The van der Waals surface area contributed by atoms with Crippen LogP contribution in [0.15, 0.2) is 60.7 Å². The number of aromatic nitrogens is 4. The number of hydrogen-bond acceptors (Lipinski definition) is 14. The van der Waals surface area contributed by atoms with Crippen LogP contribution in [-0.4, -0.2) is 123 Å². The zero-order valence-corrected chi connectivity index (χ0v) is 35.3. The molecule has 1 saturated carbocycles. The van der Waals surface area contributed by atoms with Gasteiger partial charge in [0.05, 0.1) is 18.2 Å². The van der Waals surface area contributed by atoms with Gasteiger partial charge in [0, 0.05) is 93.8 Å². The lowest BCUT2D eigenvalue weighted by molar-refractivity contribution is 0.0853. The maximum atomic E-state index is 10.5. The van der Waals surface area contributed by atoms with Crippen LogP contribution in [0, 0.1) is 11.3 Å². The van der Waals surface area contributed by atoms with Gasteiger partial charge in [-0.2, -0.15) is 5.26 Å². The first-order valence-electron chi connectivity index (χ1n) is 21.3. The molecule has 60 heavy (non-hydrogen) atoms. The van der Waals surface area contributed by atoms with Crippen LogP contribution >= 0.6 is 0 Å². The zero-order valence-electron chi connectivity index (χ0n) is 35.3. The highest BCUT2D eigenvalue weighted by atomic mass is 16.5. The Kier molecular flexibility index (Phi) is 14.6. The second-order valence-electron chi connectivity index (χ2n) is 16.1. The average molecular weight is 818 g/mol. The van der Waals surface area contributed by atoms with Crippen LogP contribution in [0.4, 0.5) is 11.6 Å². The van der Waals surface area contributed by atoms with Gasteiger partial charge in [0.25, 0.3) is 0 Å². The Labute approximate surface area is 353 Å². The summed E-state index contributed by atoms with van der Waals surface area (Å²) in [7, 11) is 7.68. The lowest BCUT2D eigenvalue weighted by atomic mass is 9.93. The second-order valence-corrected chi connectivity index (χ2v) is 16.1. The molecule has 1 aliphatic heterocycles. The predicted octanol–water partition coefficient (Wildman–Crippen LogP) is 5.32. The number of nitrogens with zero attached hydrogens (tertiary/aromatic N) is 7. The van der Waals surface area contributed by atoms with E-state index in [-0.39, 0.29) is 19.1 Å². The largest absolute Gasteiger partial charge is 0.491 e. The number of aliphatic hydroxyl groups is 2. The molecular formula is C46H59N9O5. The first-order valence-corrected chi connectivity index (χ1v) is 21.3. The lowest BCUT2D eigenvalue weighted by Crippen LogP contribution is -2.37. The van der Waals surface area contributed by atoms with Crippen molar-refractivity contribution in [1.29, 1.82) is 5.26 Å². The minimum atomic E-state index is -0.652. The summed E-state index contributed by atoms with van der Waals surface area (Å²) in [6.45, 7) is 3.17. The van der Waals surface area contributed by atoms with Crippen molar-refractivity contribution in [2.75, 3.05) is 84.1 Å². The number of anilines is 2. The number of aliphatic hydroxyl groups excluding tert-OH is 2. The number of hydrogen-bond donors (Lipinski definition) is 4. The molecule has 2 aromatic carbocycles. The van der Waals surface area contributed by atoms with Gasteiger partial charge in [0.1, 0.15) is 48.6 Å². The molecule has 4 N–H and O–H groups in total. The molecule has 2 aliphatic carbocycles. The summed E-state index contributed by atoms with van der Waals surface area (Å²) in [5.74, 6) is 4.60. The molecule has 7 rings (SSSR count). The van der Waals surface area contributed by atoms with Crippen molar-refractivity contribution in [2.45, 2.75) is 75.0 Å². The zero-order chi connectivity index (χ0) is 42.0. The molecule has 3 heterocycles. The quantitative estimate of drug-likeness (QED) is 0.0902. The number of nitrogens with one attached hydrogen (secondary N) is 2. The highest BCUT2D eigenvalue weighted by molar-refractivity contribution is 5.74. The maximum absolute atomic E-state index is 10.5. The van der Waals surface area contributed by atoms with Gasteiger partial charge in [-0.25, -0.2) is 19.9 Å². The van der Waals surface area contributed by atoms with Gasteiger partial charge in [-0.05, 0) is 88.0 Å². The SMILES string of the molecule is CNCC(O)COc1cccc(-c2nc(C3=CC(c4ccc(OCC(O)CNC)cc4-c4nc(C5CC5)cc(N(C)C5CCOCC5)n4)CC3)cc(N(C)CCC#N)n2)c1. The molecule has 3 unspecified atom stereocenters. The number of benzene rings is 2. The van der Waals surface area contributed by atoms with Gasteiger partial charge < -0.3 is 44.9 Å². The van der Waals surface area contributed by atoms with Crippen LogP contribution in [0.25, 0.3) is 28.3 Å². The van der Waals surface area contributed by atoms with Crippen LogP contribution in [0.1, 0.15) is 73.7 Å². The maximum Gasteiger partial charge on any atom is 0.162 e. The van der Waals surface area contributed by atoms with Crippen LogP contribution in [0.3, 0.4) is 0 Å². The Morgan fingerprint density at radius 3 is 2.25 bits per heavy atom. The van der Waals surface area contributed by atoms with Crippen molar-refractivity contribution in [3.8, 4) is 40.3 Å². The molecule has 14 nitrogen and oxygen atoms in total. The van der Waals surface area contributed by atoms with E-state index in [0.717, 1.165) is 97.0 Å². The Hall–Kier alpha value is -5.17. The summed E-state index contributed by atoms with van der Waals surface area (Å²) in [6, 6.07) is 20.5. The molecule has 3 atom stereocenters. The molecule has 0 spiro atoms. The fourth-order valence-corrected chi connectivity index (χ4v) is 7.88. The van der Waals surface area contributed by atoms with E-state index in [1.54, 1.807) is 7.05 Å². The molecular weight excluding hydrogens is 759 g/mol. The summed E-state index contributed by atoms with van der Waals surface area (Å²) < 4.78 is 17.8. The van der Waals surface area contributed by atoms with Gasteiger partial charge in [-0.1, -0.05) is 24.3 Å². The van der Waals surface area contributed by atoms with E-state index in [1.807, 2.05) is 61.5 Å². The number of ether oxygens (including phenoxy) is 3. The first kappa shape index (κ1) is 42.9. The molecule has 14 heteroatoms. The van der Waals surface area contributed by atoms with E-state index >= 15 is 0 Å². The van der Waals surface area contributed by atoms with Crippen molar-refractivity contribution in [1.82, 2.24) is 30.6 Å². The summed E-state index contributed by atoms with van der Waals surface area (Å²) in [5.41, 5.74) is 5.81. The monoisotopic (exact) mass is 817 g/mol. The second kappa shape index (κ2) is 20.4. The standard InChI is InChI=1S/C46H59N9O5/c1-48-26-35(56)28-59-37-8-5-7-33(22-37)45-50-42(24-43(52-45)54(3)18-6-17-47)32-12-11-31(21-32)39-14-13-38(60-29-36(57)27-49-2)23-40(39)46-51-41(30-9-10-30)25-44(53-46)55(4)34-15-19-58-20-16-34/h5,7-8,13-14,21-25,30-31,34-36,48-49,56-57H,6,9-12,15-16,18-20,26-29H2,1-4H3. The highest BCUT2D eigenvalue weighted by Gasteiger charge is 2.30. The summed E-state index contributed by atoms with van der Waals surface area (Å²) in [5, 5.41) is 36.0. The van der Waals surface area contributed by atoms with Gasteiger partial charge in [-0.3, -0.25) is 0 Å². The van der Waals surface area contributed by atoms with Gasteiger partial charge in [0.2, 0.25) is 0 Å². The third-order valence-corrected chi connectivity index (χ3v) is 11.5.